The molecular weight excluding hydrogens is 316 g/mol. The van der Waals surface area contributed by atoms with Crippen molar-refractivity contribution in [2.24, 2.45) is 4.99 Å². The van der Waals surface area contributed by atoms with Gasteiger partial charge in [-0.3, -0.25) is 0 Å². The fourth-order valence-electron chi connectivity index (χ4n) is 2.80. The zero-order chi connectivity index (χ0) is 17.3. The molecular formula is C18H26N6O. The fraction of sp³-hybridized carbons (Fsp3) is 0.500. The van der Waals surface area contributed by atoms with Gasteiger partial charge < -0.3 is 19.9 Å². The largest absolute Gasteiger partial charge is 0.494 e. The summed E-state index contributed by atoms with van der Waals surface area (Å²) in [5.74, 6) is 3.74. The third-order valence-corrected chi connectivity index (χ3v) is 4.03. The van der Waals surface area contributed by atoms with E-state index in [1.807, 2.05) is 30.3 Å². The molecule has 134 valence electrons. The lowest BCUT2D eigenvalue weighted by atomic mass is 10.3. The Hall–Kier alpha value is -2.57. The molecule has 0 radical (unpaired) electrons. The van der Waals surface area contributed by atoms with Crippen LogP contribution >= 0.6 is 0 Å². The standard InChI is InChI=1S/C18H26N6O/c1-2-19-18(20-11-7-13-25-15-8-4-3-5-9-15)21-14-17-23-22-16-10-6-12-24(16)17/h3-5,8-9H,2,6-7,10-14H2,1H3,(H2,19,20,21). The number of fused-ring (bicyclic) bond motifs is 1. The number of ether oxygens (including phenoxy) is 1. The van der Waals surface area contributed by atoms with E-state index in [1.54, 1.807) is 0 Å². The van der Waals surface area contributed by atoms with Crippen LogP contribution in [0.5, 0.6) is 5.75 Å². The van der Waals surface area contributed by atoms with Crippen LogP contribution in [0.2, 0.25) is 0 Å². The Morgan fingerprint density at radius 3 is 2.96 bits per heavy atom. The van der Waals surface area contributed by atoms with Gasteiger partial charge in [0.25, 0.3) is 0 Å². The molecule has 0 saturated heterocycles. The number of para-hydroxylation sites is 1. The van der Waals surface area contributed by atoms with E-state index in [-0.39, 0.29) is 0 Å². The number of hydrogen-bond acceptors (Lipinski definition) is 4. The average Bonchev–Trinajstić information content (AvgIpc) is 3.24. The Morgan fingerprint density at radius 2 is 2.12 bits per heavy atom. The molecule has 0 saturated carbocycles. The van der Waals surface area contributed by atoms with Crippen molar-refractivity contribution in [3.8, 4) is 5.75 Å². The highest BCUT2D eigenvalue weighted by atomic mass is 16.5. The van der Waals surface area contributed by atoms with Gasteiger partial charge in [-0.25, -0.2) is 4.99 Å². The van der Waals surface area contributed by atoms with Crippen molar-refractivity contribution in [3.05, 3.63) is 42.0 Å². The van der Waals surface area contributed by atoms with Gasteiger partial charge in [-0.15, -0.1) is 10.2 Å². The monoisotopic (exact) mass is 342 g/mol. The molecule has 1 aliphatic heterocycles. The van der Waals surface area contributed by atoms with Crippen molar-refractivity contribution >= 4 is 5.96 Å². The number of rotatable bonds is 8. The lowest BCUT2D eigenvalue weighted by Crippen LogP contribution is -2.38. The molecule has 3 rings (SSSR count). The Balaban J connectivity index is 1.42. The maximum absolute atomic E-state index is 5.70. The van der Waals surface area contributed by atoms with Crippen LogP contribution in [-0.2, 0) is 19.5 Å². The minimum absolute atomic E-state index is 0.544. The normalized spacial score (nSPS) is 13.6. The zero-order valence-corrected chi connectivity index (χ0v) is 14.7. The van der Waals surface area contributed by atoms with Gasteiger partial charge in [0, 0.05) is 26.1 Å². The lowest BCUT2D eigenvalue weighted by molar-refractivity contribution is 0.311. The third-order valence-electron chi connectivity index (χ3n) is 4.03. The number of nitrogens with one attached hydrogen (secondary N) is 2. The quantitative estimate of drug-likeness (QED) is 0.434. The van der Waals surface area contributed by atoms with Gasteiger partial charge in [0.15, 0.2) is 11.8 Å². The van der Waals surface area contributed by atoms with Crippen molar-refractivity contribution in [2.45, 2.75) is 39.3 Å². The van der Waals surface area contributed by atoms with Crippen LogP contribution in [0.25, 0.3) is 0 Å². The number of hydrogen-bond donors (Lipinski definition) is 2. The van der Waals surface area contributed by atoms with Gasteiger partial charge in [-0.05, 0) is 31.9 Å². The zero-order valence-electron chi connectivity index (χ0n) is 14.7. The van der Waals surface area contributed by atoms with E-state index in [9.17, 15) is 0 Å². The van der Waals surface area contributed by atoms with Crippen molar-refractivity contribution in [1.29, 1.82) is 0 Å². The number of guanidine groups is 1. The van der Waals surface area contributed by atoms with Gasteiger partial charge in [-0.2, -0.15) is 0 Å². The summed E-state index contributed by atoms with van der Waals surface area (Å²) in [5.41, 5.74) is 0. The van der Waals surface area contributed by atoms with E-state index in [2.05, 4.69) is 37.3 Å². The Morgan fingerprint density at radius 1 is 1.24 bits per heavy atom. The number of aromatic nitrogens is 3. The van der Waals surface area contributed by atoms with Crippen molar-refractivity contribution in [1.82, 2.24) is 25.4 Å². The highest BCUT2D eigenvalue weighted by Crippen LogP contribution is 2.14. The summed E-state index contributed by atoms with van der Waals surface area (Å²) in [5, 5.41) is 15.1. The molecule has 2 heterocycles. The summed E-state index contributed by atoms with van der Waals surface area (Å²) in [6.07, 6.45) is 3.08. The maximum Gasteiger partial charge on any atom is 0.191 e. The Kier molecular flexibility index (Phi) is 6.25. The molecule has 0 spiro atoms. The van der Waals surface area contributed by atoms with Gasteiger partial charge in [0.2, 0.25) is 0 Å². The van der Waals surface area contributed by atoms with Crippen molar-refractivity contribution in [2.75, 3.05) is 19.7 Å². The lowest BCUT2D eigenvalue weighted by Gasteiger charge is -2.11. The van der Waals surface area contributed by atoms with Crippen LogP contribution in [0.15, 0.2) is 35.3 Å². The van der Waals surface area contributed by atoms with Gasteiger partial charge in [0.05, 0.1) is 6.61 Å². The minimum Gasteiger partial charge on any atom is -0.494 e. The minimum atomic E-state index is 0.544. The first-order chi connectivity index (χ1) is 12.4. The first-order valence-corrected chi connectivity index (χ1v) is 8.98. The molecule has 1 aromatic carbocycles. The van der Waals surface area contributed by atoms with E-state index in [1.165, 1.54) is 0 Å². The highest BCUT2D eigenvalue weighted by Gasteiger charge is 2.16. The van der Waals surface area contributed by atoms with Gasteiger partial charge >= 0.3 is 0 Å². The smallest absolute Gasteiger partial charge is 0.191 e. The average molecular weight is 342 g/mol. The predicted molar refractivity (Wildman–Crippen MR) is 97.7 cm³/mol. The highest BCUT2D eigenvalue weighted by molar-refractivity contribution is 5.79. The van der Waals surface area contributed by atoms with E-state index >= 15 is 0 Å². The molecule has 1 aromatic heterocycles. The molecule has 0 amide bonds. The van der Waals surface area contributed by atoms with Crippen LogP contribution in [0, 0.1) is 0 Å². The second-order valence-corrected chi connectivity index (χ2v) is 5.92. The Bertz CT molecular complexity index is 682. The molecule has 7 heteroatoms. The summed E-state index contributed by atoms with van der Waals surface area (Å²) in [4.78, 5) is 4.62. The molecule has 0 atom stereocenters. The van der Waals surface area contributed by atoms with E-state index in [0.717, 1.165) is 62.3 Å². The summed E-state index contributed by atoms with van der Waals surface area (Å²) >= 11 is 0. The number of aryl methyl sites for hydroxylation is 1. The van der Waals surface area contributed by atoms with Crippen molar-refractivity contribution < 1.29 is 4.74 Å². The first kappa shape index (κ1) is 17.3. The van der Waals surface area contributed by atoms with E-state index in [4.69, 9.17) is 4.74 Å². The second-order valence-electron chi connectivity index (χ2n) is 5.92. The first-order valence-electron chi connectivity index (χ1n) is 8.98. The molecule has 2 N–H and O–H groups in total. The van der Waals surface area contributed by atoms with Crippen LogP contribution in [0.1, 0.15) is 31.4 Å². The summed E-state index contributed by atoms with van der Waals surface area (Å²) in [7, 11) is 0. The molecule has 0 fully saturated rings. The maximum atomic E-state index is 5.70. The third kappa shape index (κ3) is 4.95. The molecule has 7 nitrogen and oxygen atoms in total. The number of nitrogens with zero attached hydrogens (tertiary/aromatic N) is 4. The summed E-state index contributed by atoms with van der Waals surface area (Å²) in [6.45, 7) is 5.91. The molecule has 0 aliphatic carbocycles. The number of aliphatic imine (C=N–C) groups is 1. The second kappa shape index (κ2) is 9.05. The molecule has 1 aliphatic rings. The Labute approximate surface area is 148 Å². The van der Waals surface area contributed by atoms with Gasteiger partial charge in [0.1, 0.15) is 18.1 Å². The van der Waals surface area contributed by atoms with Gasteiger partial charge in [-0.1, -0.05) is 18.2 Å². The number of benzene rings is 1. The van der Waals surface area contributed by atoms with E-state index in [0.29, 0.717) is 13.2 Å². The fourth-order valence-corrected chi connectivity index (χ4v) is 2.80. The SMILES string of the molecule is CCNC(=NCc1nnc2n1CCC2)NCCCOc1ccccc1. The molecule has 2 aromatic rings. The molecule has 0 bridgehead atoms. The van der Waals surface area contributed by atoms with Crippen LogP contribution in [0.4, 0.5) is 0 Å². The molecule has 25 heavy (non-hydrogen) atoms. The summed E-state index contributed by atoms with van der Waals surface area (Å²) < 4.78 is 7.88. The van der Waals surface area contributed by atoms with Crippen LogP contribution < -0.4 is 15.4 Å². The van der Waals surface area contributed by atoms with Crippen LogP contribution in [0.3, 0.4) is 0 Å². The summed E-state index contributed by atoms with van der Waals surface area (Å²) in [6, 6.07) is 9.87. The topological polar surface area (TPSA) is 76.4 Å². The van der Waals surface area contributed by atoms with Crippen molar-refractivity contribution in [3.63, 3.8) is 0 Å². The van der Waals surface area contributed by atoms with Crippen LogP contribution in [-0.4, -0.2) is 40.4 Å². The van der Waals surface area contributed by atoms with E-state index < -0.39 is 0 Å². The molecule has 0 unspecified atom stereocenters. The predicted octanol–water partition coefficient (Wildman–Crippen LogP) is 1.75.